The molecule has 1 aromatic rings. The molecule has 1 fully saturated rings. The summed E-state index contributed by atoms with van der Waals surface area (Å²) in [7, 11) is 1.68. The minimum absolute atomic E-state index is 0.186. The van der Waals surface area contributed by atoms with E-state index in [4.69, 9.17) is 4.74 Å². The van der Waals surface area contributed by atoms with Gasteiger partial charge in [0.05, 0.1) is 7.11 Å². The van der Waals surface area contributed by atoms with Gasteiger partial charge in [-0.15, -0.1) is 0 Å². The second-order valence-electron chi connectivity index (χ2n) is 5.71. The van der Waals surface area contributed by atoms with Gasteiger partial charge in [0.2, 0.25) is 5.91 Å². The molecule has 1 N–H and O–H groups in total. The van der Waals surface area contributed by atoms with Crippen LogP contribution in [0.15, 0.2) is 18.2 Å². The Hall–Kier alpha value is -1.51. The van der Waals surface area contributed by atoms with E-state index in [1.807, 2.05) is 19.1 Å². The molecule has 1 aliphatic carbocycles. The molecule has 20 heavy (non-hydrogen) atoms. The van der Waals surface area contributed by atoms with E-state index in [1.165, 1.54) is 24.8 Å². The number of benzene rings is 1. The Labute approximate surface area is 121 Å². The van der Waals surface area contributed by atoms with E-state index in [2.05, 4.69) is 11.4 Å². The van der Waals surface area contributed by atoms with E-state index in [0.717, 1.165) is 30.6 Å². The average Bonchev–Trinajstić information content (AvgIpc) is 2.46. The first kappa shape index (κ1) is 14.9. The standard InChI is InChI=1S/C17H25NO2/c1-13-12-14(8-10-16(13)20-2)9-11-17(19)18-15-6-4-3-5-7-15/h8,10,12,15H,3-7,9,11H2,1-2H3,(H,18,19). The van der Waals surface area contributed by atoms with Crippen molar-refractivity contribution in [3.63, 3.8) is 0 Å². The summed E-state index contributed by atoms with van der Waals surface area (Å²) < 4.78 is 5.25. The number of carbonyl (C=O) groups excluding carboxylic acids is 1. The van der Waals surface area contributed by atoms with Gasteiger partial charge in [-0.05, 0) is 43.4 Å². The first-order valence-corrected chi connectivity index (χ1v) is 7.62. The monoisotopic (exact) mass is 275 g/mol. The molecule has 1 amide bonds. The fraction of sp³-hybridized carbons (Fsp3) is 0.588. The van der Waals surface area contributed by atoms with Crippen molar-refractivity contribution in [3.8, 4) is 5.75 Å². The van der Waals surface area contributed by atoms with Crippen molar-refractivity contribution in [2.75, 3.05) is 7.11 Å². The van der Waals surface area contributed by atoms with Crippen molar-refractivity contribution in [2.24, 2.45) is 0 Å². The first-order valence-electron chi connectivity index (χ1n) is 7.62. The van der Waals surface area contributed by atoms with E-state index in [-0.39, 0.29) is 5.91 Å². The zero-order valence-electron chi connectivity index (χ0n) is 12.6. The van der Waals surface area contributed by atoms with Gasteiger partial charge in [0, 0.05) is 12.5 Å². The highest BCUT2D eigenvalue weighted by Gasteiger charge is 2.15. The van der Waals surface area contributed by atoms with Crippen LogP contribution >= 0.6 is 0 Å². The summed E-state index contributed by atoms with van der Waals surface area (Å²) >= 11 is 0. The highest BCUT2D eigenvalue weighted by atomic mass is 16.5. The van der Waals surface area contributed by atoms with Crippen molar-refractivity contribution >= 4 is 5.91 Å². The lowest BCUT2D eigenvalue weighted by Gasteiger charge is -2.22. The number of carbonyl (C=O) groups is 1. The summed E-state index contributed by atoms with van der Waals surface area (Å²) in [6.07, 6.45) is 7.48. The van der Waals surface area contributed by atoms with Crippen molar-refractivity contribution in [2.45, 2.75) is 57.9 Å². The number of aryl methyl sites for hydroxylation is 2. The van der Waals surface area contributed by atoms with Gasteiger partial charge in [-0.3, -0.25) is 4.79 Å². The second-order valence-corrected chi connectivity index (χ2v) is 5.71. The Morgan fingerprint density at radius 2 is 2.05 bits per heavy atom. The molecule has 1 aliphatic rings. The van der Waals surface area contributed by atoms with Crippen LogP contribution in [0.25, 0.3) is 0 Å². The van der Waals surface area contributed by atoms with Crippen molar-refractivity contribution in [1.82, 2.24) is 5.32 Å². The van der Waals surface area contributed by atoms with Gasteiger partial charge < -0.3 is 10.1 Å². The van der Waals surface area contributed by atoms with Gasteiger partial charge in [-0.2, -0.15) is 0 Å². The number of ether oxygens (including phenoxy) is 1. The van der Waals surface area contributed by atoms with Crippen molar-refractivity contribution < 1.29 is 9.53 Å². The lowest BCUT2D eigenvalue weighted by Crippen LogP contribution is -2.36. The maximum absolute atomic E-state index is 12.0. The summed E-state index contributed by atoms with van der Waals surface area (Å²) in [6.45, 7) is 2.03. The predicted molar refractivity (Wildman–Crippen MR) is 81.1 cm³/mol. The largest absolute Gasteiger partial charge is 0.496 e. The minimum atomic E-state index is 0.186. The topological polar surface area (TPSA) is 38.3 Å². The first-order chi connectivity index (χ1) is 9.69. The molecule has 0 radical (unpaired) electrons. The predicted octanol–water partition coefficient (Wildman–Crippen LogP) is 3.39. The van der Waals surface area contributed by atoms with E-state index in [0.29, 0.717) is 12.5 Å². The molecule has 0 unspecified atom stereocenters. The van der Waals surface area contributed by atoms with Crippen molar-refractivity contribution in [1.29, 1.82) is 0 Å². The SMILES string of the molecule is COc1ccc(CCC(=O)NC2CCCCC2)cc1C. The van der Waals surface area contributed by atoms with E-state index in [1.54, 1.807) is 7.11 Å². The van der Waals surface area contributed by atoms with Gasteiger partial charge in [-0.25, -0.2) is 0 Å². The highest BCUT2D eigenvalue weighted by molar-refractivity contribution is 5.76. The summed E-state index contributed by atoms with van der Waals surface area (Å²) in [5.74, 6) is 1.09. The molecule has 2 rings (SSSR count). The molecule has 0 atom stereocenters. The molecule has 0 aliphatic heterocycles. The molecule has 3 heteroatoms. The molecule has 3 nitrogen and oxygen atoms in total. The molecule has 0 aromatic heterocycles. The number of methoxy groups -OCH3 is 1. The van der Waals surface area contributed by atoms with Crippen LogP contribution in [0.1, 0.15) is 49.7 Å². The molecule has 0 heterocycles. The van der Waals surface area contributed by atoms with Gasteiger partial charge in [0.25, 0.3) is 0 Å². The molecule has 0 spiro atoms. The van der Waals surface area contributed by atoms with Gasteiger partial charge in [-0.1, -0.05) is 31.4 Å². The molecule has 1 aromatic carbocycles. The average molecular weight is 275 g/mol. The number of hydrogen-bond acceptors (Lipinski definition) is 2. The number of hydrogen-bond donors (Lipinski definition) is 1. The number of amides is 1. The normalized spacial score (nSPS) is 15.9. The van der Waals surface area contributed by atoms with Crippen LogP contribution < -0.4 is 10.1 Å². The fourth-order valence-electron chi connectivity index (χ4n) is 2.90. The Balaban J connectivity index is 1.79. The van der Waals surface area contributed by atoms with Crippen LogP contribution in [0.3, 0.4) is 0 Å². The van der Waals surface area contributed by atoms with Crippen LogP contribution in [0, 0.1) is 6.92 Å². The Morgan fingerprint density at radius 3 is 2.70 bits per heavy atom. The lowest BCUT2D eigenvalue weighted by atomic mass is 9.95. The summed E-state index contributed by atoms with van der Waals surface area (Å²) in [5, 5.41) is 3.16. The number of nitrogens with one attached hydrogen (secondary N) is 1. The molecule has 110 valence electrons. The third-order valence-corrected chi connectivity index (χ3v) is 4.07. The molecule has 0 saturated heterocycles. The third kappa shape index (κ3) is 4.26. The maximum atomic E-state index is 12.0. The molecule has 1 saturated carbocycles. The van der Waals surface area contributed by atoms with Crippen LogP contribution in [0.4, 0.5) is 0 Å². The van der Waals surface area contributed by atoms with E-state index < -0.39 is 0 Å². The Kier molecular flexibility index (Phi) is 5.45. The van der Waals surface area contributed by atoms with Gasteiger partial charge >= 0.3 is 0 Å². The zero-order chi connectivity index (χ0) is 14.4. The molecule has 0 bridgehead atoms. The van der Waals surface area contributed by atoms with Gasteiger partial charge in [0.1, 0.15) is 5.75 Å². The Morgan fingerprint density at radius 1 is 1.30 bits per heavy atom. The smallest absolute Gasteiger partial charge is 0.220 e. The van der Waals surface area contributed by atoms with Crippen LogP contribution in [-0.2, 0) is 11.2 Å². The van der Waals surface area contributed by atoms with Crippen LogP contribution in [0.2, 0.25) is 0 Å². The fourth-order valence-corrected chi connectivity index (χ4v) is 2.90. The molecular weight excluding hydrogens is 250 g/mol. The van der Waals surface area contributed by atoms with Crippen molar-refractivity contribution in [3.05, 3.63) is 29.3 Å². The lowest BCUT2D eigenvalue weighted by molar-refractivity contribution is -0.121. The quantitative estimate of drug-likeness (QED) is 0.894. The second kappa shape index (κ2) is 7.32. The Bertz CT molecular complexity index is 450. The summed E-state index contributed by atoms with van der Waals surface area (Å²) in [4.78, 5) is 12.0. The maximum Gasteiger partial charge on any atom is 0.220 e. The highest BCUT2D eigenvalue weighted by Crippen LogP contribution is 2.20. The van der Waals surface area contributed by atoms with Gasteiger partial charge in [0.15, 0.2) is 0 Å². The van der Waals surface area contributed by atoms with E-state index in [9.17, 15) is 4.79 Å². The molecular formula is C17H25NO2. The van der Waals surface area contributed by atoms with Crippen LogP contribution in [0.5, 0.6) is 5.75 Å². The summed E-state index contributed by atoms with van der Waals surface area (Å²) in [6, 6.07) is 6.53. The van der Waals surface area contributed by atoms with E-state index >= 15 is 0 Å². The minimum Gasteiger partial charge on any atom is -0.496 e. The number of rotatable bonds is 5. The van der Waals surface area contributed by atoms with Crippen LogP contribution in [-0.4, -0.2) is 19.1 Å². The zero-order valence-corrected chi connectivity index (χ0v) is 12.6. The third-order valence-electron chi connectivity index (χ3n) is 4.07. The summed E-state index contributed by atoms with van der Waals surface area (Å²) in [5.41, 5.74) is 2.32.